The summed E-state index contributed by atoms with van der Waals surface area (Å²) in [6.45, 7) is 9.48. The molecule has 1 rings (SSSR count). The number of benzene rings is 1. The first kappa shape index (κ1) is 29.7. The summed E-state index contributed by atoms with van der Waals surface area (Å²) in [7, 11) is 0. The van der Waals surface area contributed by atoms with Gasteiger partial charge in [0, 0.05) is 13.1 Å². The number of nitrogens with two attached hydrogens (primary N) is 1. The van der Waals surface area contributed by atoms with Crippen LogP contribution in [-0.4, -0.2) is 58.6 Å². The molecule has 4 amide bonds. The molecule has 0 aliphatic heterocycles. The molecule has 0 heterocycles. The van der Waals surface area contributed by atoms with Crippen molar-refractivity contribution in [1.29, 1.82) is 0 Å². The number of amides is 4. The maximum absolute atomic E-state index is 13.7. The molecule has 0 spiro atoms. The summed E-state index contributed by atoms with van der Waals surface area (Å²) in [5.41, 5.74) is 4.93. The van der Waals surface area contributed by atoms with Gasteiger partial charge in [-0.05, 0) is 51.3 Å². The van der Waals surface area contributed by atoms with Crippen molar-refractivity contribution in [2.45, 2.75) is 84.4 Å². The Kier molecular flexibility index (Phi) is 12.0. The average molecular weight is 493 g/mol. The number of phenolic OH excluding ortho intramolecular Hbond substituents is 1. The third kappa shape index (κ3) is 10.7. The molecule has 196 valence electrons. The lowest BCUT2D eigenvalue weighted by Crippen LogP contribution is -2.54. The third-order valence-corrected chi connectivity index (χ3v) is 4.97. The first-order chi connectivity index (χ1) is 16.4. The van der Waals surface area contributed by atoms with Crippen LogP contribution in [0, 0.1) is 0 Å². The minimum atomic E-state index is -1.33. The van der Waals surface area contributed by atoms with Crippen LogP contribution in [0.3, 0.4) is 0 Å². The quantitative estimate of drug-likeness (QED) is 0.311. The predicted octanol–water partition coefficient (Wildman–Crippen LogP) is 2.75. The average Bonchev–Trinajstić information content (AvgIpc) is 2.74. The smallest absolute Gasteiger partial charge is 0.408 e. The van der Waals surface area contributed by atoms with Gasteiger partial charge in [-0.3, -0.25) is 14.4 Å². The Morgan fingerprint density at radius 1 is 1.11 bits per heavy atom. The molecule has 2 unspecified atom stereocenters. The zero-order valence-corrected chi connectivity index (χ0v) is 21.4. The molecule has 0 saturated carbocycles. The van der Waals surface area contributed by atoms with Crippen LogP contribution in [0.5, 0.6) is 5.75 Å². The lowest BCUT2D eigenvalue weighted by molar-refractivity contribution is -0.143. The van der Waals surface area contributed by atoms with E-state index in [1.807, 2.05) is 6.92 Å². The summed E-state index contributed by atoms with van der Waals surface area (Å²) in [5.74, 6) is -1.94. The maximum Gasteiger partial charge on any atom is 0.408 e. The van der Waals surface area contributed by atoms with E-state index >= 15 is 0 Å². The number of hydrogen-bond acceptors (Lipinski definition) is 6. The normalized spacial score (nSPS) is 12.8. The van der Waals surface area contributed by atoms with Gasteiger partial charge in [-0.25, -0.2) is 4.79 Å². The Labute approximate surface area is 207 Å². The van der Waals surface area contributed by atoms with Crippen LogP contribution in [-0.2, 0) is 19.1 Å². The topological polar surface area (TPSA) is 151 Å². The van der Waals surface area contributed by atoms with Crippen molar-refractivity contribution in [3.05, 3.63) is 29.8 Å². The second-order valence-electron chi connectivity index (χ2n) is 9.40. The summed E-state index contributed by atoms with van der Waals surface area (Å²) in [4.78, 5) is 52.4. The lowest BCUT2D eigenvalue weighted by atomic mass is 10.0. The molecule has 0 radical (unpaired) electrons. The van der Waals surface area contributed by atoms with Crippen molar-refractivity contribution >= 4 is 23.8 Å². The highest BCUT2D eigenvalue weighted by atomic mass is 16.6. The zero-order chi connectivity index (χ0) is 26.6. The fourth-order valence-electron chi connectivity index (χ4n) is 3.51. The van der Waals surface area contributed by atoms with Crippen molar-refractivity contribution in [3.8, 4) is 5.75 Å². The van der Waals surface area contributed by atoms with E-state index in [4.69, 9.17) is 10.5 Å². The Balaban J connectivity index is 3.35. The Morgan fingerprint density at radius 3 is 2.34 bits per heavy atom. The Bertz CT molecular complexity index is 868. The summed E-state index contributed by atoms with van der Waals surface area (Å²) in [6.07, 6.45) is 1.85. The highest BCUT2D eigenvalue weighted by Gasteiger charge is 2.36. The van der Waals surface area contributed by atoms with Crippen molar-refractivity contribution in [1.82, 2.24) is 15.5 Å². The molecule has 0 saturated heterocycles. The second kappa shape index (κ2) is 14.2. The van der Waals surface area contributed by atoms with Crippen molar-refractivity contribution in [3.63, 3.8) is 0 Å². The predicted molar refractivity (Wildman–Crippen MR) is 132 cm³/mol. The summed E-state index contributed by atoms with van der Waals surface area (Å²) >= 11 is 0. The third-order valence-electron chi connectivity index (χ3n) is 4.97. The van der Waals surface area contributed by atoms with Gasteiger partial charge in [-0.1, -0.05) is 38.8 Å². The number of nitrogens with zero attached hydrogens (tertiary/aromatic N) is 1. The van der Waals surface area contributed by atoms with Gasteiger partial charge in [0.25, 0.3) is 0 Å². The molecule has 1 aromatic rings. The lowest BCUT2D eigenvalue weighted by Gasteiger charge is -2.34. The van der Waals surface area contributed by atoms with E-state index in [0.29, 0.717) is 18.5 Å². The number of phenols is 1. The van der Waals surface area contributed by atoms with Gasteiger partial charge in [0.15, 0.2) is 0 Å². The summed E-state index contributed by atoms with van der Waals surface area (Å²) < 4.78 is 5.24. The molecule has 1 aromatic carbocycles. The van der Waals surface area contributed by atoms with E-state index in [1.54, 1.807) is 32.9 Å². The molecule has 10 heteroatoms. The zero-order valence-electron chi connectivity index (χ0n) is 21.4. The van der Waals surface area contributed by atoms with Crippen LogP contribution in [0.15, 0.2) is 24.3 Å². The fourth-order valence-corrected chi connectivity index (χ4v) is 3.51. The minimum absolute atomic E-state index is 0.0595. The standard InChI is InChI=1S/C25H40N4O6/c1-6-8-9-13-27-22(32)21(17-11-10-12-18(30)15-17)29(14-7-2)23(33)19(16-20(26)31)28-24(34)35-25(3,4)5/h10-12,15,19,21,30H,6-9,13-14,16H2,1-5H3,(H2,26,31)(H,27,32)(H,28,34). The molecular formula is C25H40N4O6. The second-order valence-corrected chi connectivity index (χ2v) is 9.40. The van der Waals surface area contributed by atoms with Gasteiger partial charge < -0.3 is 31.1 Å². The van der Waals surface area contributed by atoms with Crippen molar-refractivity contribution in [2.75, 3.05) is 13.1 Å². The molecule has 0 bridgehead atoms. The van der Waals surface area contributed by atoms with Gasteiger partial charge in [-0.2, -0.15) is 0 Å². The molecule has 35 heavy (non-hydrogen) atoms. The Hall–Kier alpha value is -3.30. The van der Waals surface area contributed by atoms with E-state index < -0.39 is 47.9 Å². The monoisotopic (exact) mass is 492 g/mol. The number of ether oxygens (including phenoxy) is 1. The minimum Gasteiger partial charge on any atom is -0.508 e. The van der Waals surface area contributed by atoms with Crippen molar-refractivity contribution < 1.29 is 29.0 Å². The highest BCUT2D eigenvalue weighted by Crippen LogP contribution is 2.26. The number of alkyl carbamates (subject to hydrolysis) is 1. The van der Waals surface area contributed by atoms with Gasteiger partial charge in [-0.15, -0.1) is 0 Å². The number of rotatable bonds is 13. The number of carbonyl (C=O) groups excluding carboxylic acids is 4. The first-order valence-corrected chi connectivity index (χ1v) is 12.0. The molecular weight excluding hydrogens is 452 g/mol. The fraction of sp³-hybridized carbons (Fsp3) is 0.600. The number of unbranched alkanes of at least 4 members (excludes halogenated alkanes) is 2. The first-order valence-electron chi connectivity index (χ1n) is 12.0. The Morgan fingerprint density at radius 2 is 1.80 bits per heavy atom. The maximum atomic E-state index is 13.7. The van der Waals surface area contributed by atoms with Crippen LogP contribution in [0.1, 0.15) is 78.3 Å². The number of aromatic hydroxyl groups is 1. The summed E-state index contributed by atoms with van der Waals surface area (Å²) in [6, 6.07) is 3.67. The van der Waals surface area contributed by atoms with Crippen LogP contribution >= 0.6 is 0 Å². The number of hydrogen-bond donors (Lipinski definition) is 4. The number of carbonyl (C=O) groups is 4. The summed E-state index contributed by atoms with van der Waals surface area (Å²) in [5, 5.41) is 15.3. The van der Waals surface area contributed by atoms with Crippen LogP contribution in [0.2, 0.25) is 0 Å². The largest absolute Gasteiger partial charge is 0.508 e. The van der Waals surface area contributed by atoms with E-state index in [0.717, 1.165) is 19.3 Å². The van der Waals surface area contributed by atoms with Gasteiger partial charge in [0.1, 0.15) is 23.4 Å². The highest BCUT2D eigenvalue weighted by molar-refractivity contribution is 5.94. The van der Waals surface area contributed by atoms with Crippen LogP contribution < -0.4 is 16.4 Å². The van der Waals surface area contributed by atoms with E-state index in [2.05, 4.69) is 17.6 Å². The van der Waals surface area contributed by atoms with E-state index in [9.17, 15) is 24.3 Å². The molecule has 2 atom stereocenters. The molecule has 10 nitrogen and oxygen atoms in total. The molecule has 0 aromatic heterocycles. The molecule has 5 N–H and O–H groups in total. The number of nitrogens with one attached hydrogen (secondary N) is 2. The van der Waals surface area contributed by atoms with E-state index in [-0.39, 0.29) is 12.3 Å². The van der Waals surface area contributed by atoms with Crippen LogP contribution in [0.25, 0.3) is 0 Å². The molecule has 0 fully saturated rings. The number of primary amides is 1. The van der Waals surface area contributed by atoms with Gasteiger partial charge in [0.05, 0.1) is 6.42 Å². The van der Waals surface area contributed by atoms with Crippen LogP contribution in [0.4, 0.5) is 4.79 Å². The molecule has 0 aliphatic carbocycles. The van der Waals surface area contributed by atoms with Gasteiger partial charge >= 0.3 is 6.09 Å². The SMILES string of the molecule is CCCCCNC(=O)C(c1cccc(O)c1)N(CCC)C(=O)C(CC(N)=O)NC(=O)OC(C)(C)C. The molecule has 0 aliphatic rings. The van der Waals surface area contributed by atoms with Gasteiger partial charge in [0.2, 0.25) is 17.7 Å². The van der Waals surface area contributed by atoms with E-state index in [1.165, 1.54) is 17.0 Å². The van der Waals surface area contributed by atoms with Crippen molar-refractivity contribution in [2.24, 2.45) is 5.73 Å².